The van der Waals surface area contributed by atoms with E-state index in [4.69, 9.17) is 4.52 Å². The van der Waals surface area contributed by atoms with Crippen molar-refractivity contribution in [2.45, 2.75) is 32.6 Å². The van der Waals surface area contributed by atoms with Gasteiger partial charge in [0, 0.05) is 6.61 Å². The van der Waals surface area contributed by atoms with E-state index in [1.165, 1.54) is 31.0 Å². The largest absolute Gasteiger partial charge is 0.553 e. The average Bonchev–Trinajstić information content (AvgIpc) is 2.25. The Hall–Kier alpha value is -0.390. The molecule has 1 rings (SSSR count). The molecular weight excluding hydrogens is 191 g/mol. The molecule has 14 heavy (non-hydrogen) atoms. The number of hydrogen-bond donors (Lipinski definition) is 0. The van der Waals surface area contributed by atoms with Crippen LogP contribution in [0, 0.1) is 0 Å². The van der Waals surface area contributed by atoms with Gasteiger partial charge in [-0.25, -0.2) is 0 Å². The van der Waals surface area contributed by atoms with E-state index in [2.05, 4.69) is 19.1 Å². The van der Waals surface area contributed by atoms with E-state index >= 15 is 0 Å². The highest BCUT2D eigenvalue weighted by Crippen LogP contribution is 2.12. The molecule has 0 atom stereocenters. The number of benzene rings is 1. The zero-order chi connectivity index (χ0) is 10.1. The predicted molar refractivity (Wildman–Crippen MR) is 63.1 cm³/mol. The monoisotopic (exact) mass is 209 g/mol. The minimum Gasteiger partial charge on any atom is -0.553 e. The standard InChI is InChI=1S/C12H18OP/c1-2-3-4-8-11-13-14-12-9-6-5-7-10-12/h5-7,9-10H,2-4,8,11H2,1H3/q-1. The van der Waals surface area contributed by atoms with Gasteiger partial charge in [-0.05, 0) is 6.42 Å². The highest BCUT2D eigenvalue weighted by Gasteiger charge is 1.83. The normalized spacial score (nSPS) is 11.2. The highest BCUT2D eigenvalue weighted by molar-refractivity contribution is 7.41. The van der Waals surface area contributed by atoms with Crippen molar-refractivity contribution in [1.82, 2.24) is 0 Å². The Kier molecular flexibility index (Phi) is 6.65. The molecule has 0 fully saturated rings. The van der Waals surface area contributed by atoms with Crippen LogP contribution in [-0.2, 0) is 4.52 Å². The molecule has 1 nitrogen and oxygen atoms in total. The van der Waals surface area contributed by atoms with E-state index in [0.717, 1.165) is 15.4 Å². The van der Waals surface area contributed by atoms with Crippen LogP contribution < -0.4 is 5.30 Å². The molecule has 2 heteroatoms. The molecule has 0 aliphatic carbocycles. The summed E-state index contributed by atoms with van der Waals surface area (Å²) in [5, 5.41) is 1.24. The fourth-order valence-electron chi connectivity index (χ4n) is 1.20. The van der Waals surface area contributed by atoms with Gasteiger partial charge in [0.15, 0.2) is 0 Å². The summed E-state index contributed by atoms with van der Waals surface area (Å²) in [5.41, 5.74) is 0. The van der Waals surface area contributed by atoms with Crippen LogP contribution in [0.1, 0.15) is 32.6 Å². The van der Waals surface area contributed by atoms with Crippen LogP contribution in [0.2, 0.25) is 0 Å². The molecule has 0 heterocycles. The van der Waals surface area contributed by atoms with Gasteiger partial charge in [-0.2, -0.15) is 5.30 Å². The number of hydrogen-bond acceptors (Lipinski definition) is 1. The van der Waals surface area contributed by atoms with Gasteiger partial charge in [-0.15, -0.1) is 0 Å². The Balaban J connectivity index is 1.99. The van der Waals surface area contributed by atoms with Crippen molar-refractivity contribution in [1.29, 1.82) is 0 Å². The molecule has 0 aliphatic heterocycles. The van der Waals surface area contributed by atoms with Gasteiger partial charge >= 0.3 is 0 Å². The van der Waals surface area contributed by atoms with E-state index in [-0.39, 0.29) is 0 Å². The number of rotatable bonds is 7. The van der Waals surface area contributed by atoms with Crippen molar-refractivity contribution in [3.63, 3.8) is 0 Å². The summed E-state index contributed by atoms with van der Waals surface area (Å²) in [6.45, 7) is 3.11. The van der Waals surface area contributed by atoms with Crippen LogP contribution in [0.3, 0.4) is 0 Å². The molecule has 0 spiro atoms. The molecule has 0 saturated carbocycles. The van der Waals surface area contributed by atoms with Crippen molar-refractivity contribution in [2.75, 3.05) is 6.61 Å². The van der Waals surface area contributed by atoms with Gasteiger partial charge in [0.05, 0.1) is 0 Å². The third-order valence-corrected chi connectivity index (χ3v) is 2.84. The zero-order valence-corrected chi connectivity index (χ0v) is 9.67. The lowest BCUT2D eigenvalue weighted by molar-refractivity contribution is 0.349. The average molecular weight is 209 g/mol. The van der Waals surface area contributed by atoms with Crippen LogP contribution in [0.25, 0.3) is 0 Å². The van der Waals surface area contributed by atoms with E-state index < -0.39 is 0 Å². The smallest absolute Gasteiger partial charge is 0.0117 e. The molecule has 0 aromatic heterocycles. The molecule has 0 radical (unpaired) electrons. The van der Waals surface area contributed by atoms with Gasteiger partial charge in [0.1, 0.15) is 0 Å². The van der Waals surface area contributed by atoms with E-state index in [0.29, 0.717) is 0 Å². The molecule has 78 valence electrons. The fourth-order valence-corrected chi connectivity index (χ4v) is 1.87. The van der Waals surface area contributed by atoms with Gasteiger partial charge in [-0.3, -0.25) is 0 Å². The molecule has 1 aromatic carbocycles. The summed E-state index contributed by atoms with van der Waals surface area (Å²) >= 11 is 0. The molecule has 0 bridgehead atoms. The van der Waals surface area contributed by atoms with Crippen LogP contribution in [0.4, 0.5) is 0 Å². The first-order valence-electron chi connectivity index (χ1n) is 5.31. The Morgan fingerprint density at radius 3 is 2.57 bits per heavy atom. The van der Waals surface area contributed by atoms with Crippen molar-refractivity contribution in [2.24, 2.45) is 0 Å². The molecule has 1 aromatic rings. The third kappa shape index (κ3) is 5.36. The van der Waals surface area contributed by atoms with Gasteiger partial charge in [0.2, 0.25) is 0 Å². The second-order valence-corrected chi connectivity index (χ2v) is 4.28. The van der Waals surface area contributed by atoms with Crippen LogP contribution in [-0.4, -0.2) is 6.61 Å². The minimum atomic E-state index is 0.885. The second kappa shape index (κ2) is 7.96. The third-order valence-electron chi connectivity index (χ3n) is 2.02. The summed E-state index contributed by atoms with van der Waals surface area (Å²) in [6.07, 6.45) is 5.09. The first-order valence-corrected chi connectivity index (χ1v) is 6.13. The maximum absolute atomic E-state index is 5.54. The van der Waals surface area contributed by atoms with Crippen molar-refractivity contribution < 1.29 is 4.52 Å². The first kappa shape index (κ1) is 11.7. The Morgan fingerprint density at radius 2 is 1.86 bits per heavy atom. The molecule has 0 aliphatic rings. The molecule has 0 amide bonds. The molecule has 0 N–H and O–H groups in total. The van der Waals surface area contributed by atoms with Gasteiger partial charge < -0.3 is 13.3 Å². The summed E-state index contributed by atoms with van der Waals surface area (Å²) in [5.74, 6) is 0. The fraction of sp³-hybridized carbons (Fsp3) is 0.500. The minimum absolute atomic E-state index is 0.885. The summed E-state index contributed by atoms with van der Waals surface area (Å²) in [6, 6.07) is 10.3. The SMILES string of the molecule is CCCCCCO[P-]c1ccccc1. The summed E-state index contributed by atoms with van der Waals surface area (Å²) in [4.78, 5) is 0. The molecular formula is C12H18OP-. The van der Waals surface area contributed by atoms with Crippen LogP contribution >= 0.6 is 8.81 Å². The second-order valence-electron chi connectivity index (χ2n) is 3.32. The molecule has 0 saturated heterocycles. The lowest BCUT2D eigenvalue weighted by atomic mass is 10.2. The first-order chi connectivity index (χ1) is 6.93. The quantitative estimate of drug-likeness (QED) is 0.490. The summed E-state index contributed by atoms with van der Waals surface area (Å²) in [7, 11) is 0.997. The maximum Gasteiger partial charge on any atom is 0.0117 e. The molecule has 0 unspecified atom stereocenters. The van der Waals surface area contributed by atoms with Gasteiger partial charge in [-0.1, -0.05) is 56.5 Å². The Morgan fingerprint density at radius 1 is 1.07 bits per heavy atom. The lowest BCUT2D eigenvalue weighted by Gasteiger charge is -2.19. The van der Waals surface area contributed by atoms with Crippen molar-refractivity contribution in [3.05, 3.63) is 30.3 Å². The summed E-state index contributed by atoms with van der Waals surface area (Å²) < 4.78 is 5.54. The van der Waals surface area contributed by atoms with E-state index in [1.807, 2.05) is 18.2 Å². The topological polar surface area (TPSA) is 9.23 Å². The maximum atomic E-state index is 5.54. The van der Waals surface area contributed by atoms with Crippen molar-refractivity contribution >= 4 is 14.1 Å². The Bertz CT molecular complexity index is 223. The van der Waals surface area contributed by atoms with Crippen LogP contribution in [0.15, 0.2) is 30.3 Å². The highest BCUT2D eigenvalue weighted by atomic mass is 31.1. The number of unbranched alkanes of at least 4 members (excludes halogenated alkanes) is 3. The zero-order valence-electron chi connectivity index (χ0n) is 8.78. The van der Waals surface area contributed by atoms with E-state index in [1.54, 1.807) is 0 Å². The van der Waals surface area contributed by atoms with Crippen LogP contribution in [0.5, 0.6) is 0 Å². The Labute approximate surface area is 88.7 Å². The lowest BCUT2D eigenvalue weighted by Crippen LogP contribution is -1.94. The van der Waals surface area contributed by atoms with Crippen molar-refractivity contribution in [3.8, 4) is 0 Å². The van der Waals surface area contributed by atoms with E-state index in [9.17, 15) is 0 Å². The predicted octanol–water partition coefficient (Wildman–Crippen LogP) is 3.77. The van der Waals surface area contributed by atoms with Gasteiger partial charge in [0.25, 0.3) is 0 Å².